The van der Waals surface area contributed by atoms with Gasteiger partial charge in [-0.2, -0.15) is 5.10 Å². The number of nitrogens with zero attached hydrogens (tertiary/aromatic N) is 2. The van der Waals surface area contributed by atoms with Crippen LogP contribution in [0.15, 0.2) is 30.9 Å². The lowest BCUT2D eigenvalue weighted by atomic mass is 10.3. The molecule has 2 heterocycles. The number of aromatic amines is 1. The lowest BCUT2D eigenvalue weighted by molar-refractivity contribution is 0.269. The second-order valence-electron chi connectivity index (χ2n) is 3.29. The molecule has 0 saturated heterocycles. The molecular weight excluding hydrogens is 192 g/mol. The van der Waals surface area contributed by atoms with Gasteiger partial charge in [-0.1, -0.05) is 0 Å². The van der Waals surface area contributed by atoms with Gasteiger partial charge in [0, 0.05) is 25.1 Å². The standard InChI is InChI=1S/C10H14N4O/c15-4-3-14-8-10(7-13-14)12-6-9-1-2-11-5-9/h1-2,5,7-8,11-12,15H,3-4,6H2. The third-order valence-electron chi connectivity index (χ3n) is 2.12. The van der Waals surface area contributed by atoms with Crippen LogP contribution in [0.5, 0.6) is 0 Å². The molecule has 0 saturated carbocycles. The zero-order valence-corrected chi connectivity index (χ0v) is 8.35. The molecule has 2 aromatic rings. The van der Waals surface area contributed by atoms with Gasteiger partial charge < -0.3 is 15.4 Å². The highest BCUT2D eigenvalue weighted by atomic mass is 16.3. The summed E-state index contributed by atoms with van der Waals surface area (Å²) in [5.41, 5.74) is 2.16. The largest absolute Gasteiger partial charge is 0.394 e. The second-order valence-corrected chi connectivity index (χ2v) is 3.29. The smallest absolute Gasteiger partial charge is 0.0729 e. The Balaban J connectivity index is 1.88. The van der Waals surface area contributed by atoms with Crippen molar-refractivity contribution >= 4 is 5.69 Å². The molecule has 3 N–H and O–H groups in total. The highest BCUT2D eigenvalue weighted by Gasteiger charge is 1.97. The Morgan fingerprint density at radius 2 is 2.47 bits per heavy atom. The van der Waals surface area contributed by atoms with Gasteiger partial charge in [0.15, 0.2) is 0 Å². The molecule has 0 aromatic carbocycles. The molecular formula is C10H14N4O. The van der Waals surface area contributed by atoms with Crippen LogP contribution in [-0.2, 0) is 13.1 Å². The van der Waals surface area contributed by atoms with Crippen molar-refractivity contribution in [1.29, 1.82) is 0 Å². The molecule has 0 unspecified atom stereocenters. The van der Waals surface area contributed by atoms with E-state index in [-0.39, 0.29) is 6.61 Å². The number of aliphatic hydroxyl groups is 1. The summed E-state index contributed by atoms with van der Waals surface area (Å²) in [6.07, 6.45) is 7.47. The number of hydrogen-bond donors (Lipinski definition) is 3. The van der Waals surface area contributed by atoms with Crippen molar-refractivity contribution in [2.75, 3.05) is 11.9 Å². The minimum Gasteiger partial charge on any atom is -0.394 e. The average molecular weight is 206 g/mol. The van der Waals surface area contributed by atoms with Crippen molar-refractivity contribution in [2.24, 2.45) is 0 Å². The molecule has 80 valence electrons. The Labute approximate surface area is 87.7 Å². The molecule has 5 nitrogen and oxygen atoms in total. The number of rotatable bonds is 5. The monoisotopic (exact) mass is 206 g/mol. The zero-order chi connectivity index (χ0) is 10.5. The first-order valence-corrected chi connectivity index (χ1v) is 4.87. The lowest BCUT2D eigenvalue weighted by Gasteiger charge is -2.00. The summed E-state index contributed by atoms with van der Waals surface area (Å²) < 4.78 is 1.71. The predicted molar refractivity (Wildman–Crippen MR) is 57.4 cm³/mol. The summed E-state index contributed by atoms with van der Waals surface area (Å²) in [6.45, 7) is 1.42. The fraction of sp³-hybridized carbons (Fsp3) is 0.300. The van der Waals surface area contributed by atoms with Crippen LogP contribution in [0.2, 0.25) is 0 Å². The van der Waals surface area contributed by atoms with Gasteiger partial charge in [-0.3, -0.25) is 4.68 Å². The minimum atomic E-state index is 0.110. The first kappa shape index (κ1) is 9.79. The fourth-order valence-electron chi connectivity index (χ4n) is 1.35. The maximum absolute atomic E-state index is 8.72. The zero-order valence-electron chi connectivity index (χ0n) is 8.35. The number of anilines is 1. The van der Waals surface area contributed by atoms with Crippen LogP contribution in [0, 0.1) is 0 Å². The van der Waals surface area contributed by atoms with Crippen LogP contribution in [0.3, 0.4) is 0 Å². The summed E-state index contributed by atoms with van der Waals surface area (Å²) in [4.78, 5) is 3.00. The van der Waals surface area contributed by atoms with Crippen LogP contribution in [0.1, 0.15) is 5.56 Å². The molecule has 0 amide bonds. The Kier molecular flexibility index (Phi) is 3.04. The quantitative estimate of drug-likeness (QED) is 0.678. The second kappa shape index (κ2) is 4.65. The van der Waals surface area contributed by atoms with Crippen LogP contribution in [0.25, 0.3) is 0 Å². The van der Waals surface area contributed by atoms with Crippen molar-refractivity contribution < 1.29 is 5.11 Å². The van der Waals surface area contributed by atoms with Crippen molar-refractivity contribution in [3.63, 3.8) is 0 Å². The molecule has 5 heteroatoms. The highest BCUT2D eigenvalue weighted by Crippen LogP contribution is 2.07. The summed E-state index contributed by atoms with van der Waals surface area (Å²) in [5.74, 6) is 0. The summed E-state index contributed by atoms with van der Waals surface area (Å²) in [5, 5.41) is 16.1. The molecule has 0 atom stereocenters. The molecule has 0 aliphatic heterocycles. The number of aromatic nitrogens is 3. The van der Waals surface area contributed by atoms with Crippen molar-refractivity contribution in [2.45, 2.75) is 13.1 Å². The van der Waals surface area contributed by atoms with E-state index < -0.39 is 0 Å². The fourth-order valence-corrected chi connectivity index (χ4v) is 1.35. The molecule has 0 fully saturated rings. The molecule has 0 spiro atoms. The topological polar surface area (TPSA) is 65.9 Å². The first-order chi connectivity index (χ1) is 7.38. The minimum absolute atomic E-state index is 0.110. The number of nitrogens with one attached hydrogen (secondary N) is 2. The van der Waals surface area contributed by atoms with Gasteiger partial charge in [0.2, 0.25) is 0 Å². The van der Waals surface area contributed by atoms with Gasteiger partial charge in [-0.15, -0.1) is 0 Å². The van der Waals surface area contributed by atoms with E-state index in [0.29, 0.717) is 6.54 Å². The summed E-state index contributed by atoms with van der Waals surface area (Å²) >= 11 is 0. The van der Waals surface area contributed by atoms with Gasteiger partial charge >= 0.3 is 0 Å². The van der Waals surface area contributed by atoms with Crippen molar-refractivity contribution in [3.8, 4) is 0 Å². The van der Waals surface area contributed by atoms with Crippen molar-refractivity contribution in [1.82, 2.24) is 14.8 Å². The van der Waals surface area contributed by atoms with Crippen LogP contribution < -0.4 is 5.32 Å². The van der Waals surface area contributed by atoms with E-state index in [1.807, 2.05) is 24.7 Å². The Hall–Kier alpha value is -1.75. The van der Waals surface area contributed by atoms with Gasteiger partial charge in [0.05, 0.1) is 25.0 Å². The van der Waals surface area contributed by atoms with Crippen LogP contribution in [-0.4, -0.2) is 26.5 Å². The molecule has 0 bridgehead atoms. The summed E-state index contributed by atoms with van der Waals surface area (Å²) in [7, 11) is 0. The molecule has 2 aromatic heterocycles. The van der Waals surface area contributed by atoms with E-state index in [0.717, 1.165) is 12.2 Å². The third-order valence-corrected chi connectivity index (χ3v) is 2.12. The molecule has 2 rings (SSSR count). The van der Waals surface area contributed by atoms with E-state index in [9.17, 15) is 0 Å². The third kappa shape index (κ3) is 2.60. The number of aliphatic hydroxyl groups excluding tert-OH is 1. The number of hydrogen-bond acceptors (Lipinski definition) is 3. The maximum Gasteiger partial charge on any atom is 0.0729 e. The van der Waals surface area contributed by atoms with Gasteiger partial charge in [-0.25, -0.2) is 0 Å². The highest BCUT2D eigenvalue weighted by molar-refractivity contribution is 5.38. The van der Waals surface area contributed by atoms with E-state index in [2.05, 4.69) is 15.4 Å². The summed E-state index contributed by atoms with van der Waals surface area (Å²) in [6, 6.07) is 2.02. The van der Waals surface area contributed by atoms with E-state index in [1.54, 1.807) is 10.9 Å². The SMILES string of the molecule is OCCn1cc(NCc2cc[nH]c2)cn1. The lowest BCUT2D eigenvalue weighted by Crippen LogP contribution is -2.02. The van der Waals surface area contributed by atoms with Gasteiger partial charge in [0.25, 0.3) is 0 Å². The Morgan fingerprint density at radius 1 is 1.53 bits per heavy atom. The van der Waals surface area contributed by atoms with E-state index in [4.69, 9.17) is 5.11 Å². The van der Waals surface area contributed by atoms with Gasteiger partial charge in [0.1, 0.15) is 0 Å². The van der Waals surface area contributed by atoms with Crippen molar-refractivity contribution in [3.05, 3.63) is 36.4 Å². The van der Waals surface area contributed by atoms with E-state index in [1.165, 1.54) is 5.56 Å². The molecule has 15 heavy (non-hydrogen) atoms. The molecule has 0 radical (unpaired) electrons. The Bertz CT molecular complexity index is 393. The Morgan fingerprint density at radius 3 is 3.20 bits per heavy atom. The normalized spacial score (nSPS) is 10.5. The van der Waals surface area contributed by atoms with Gasteiger partial charge in [-0.05, 0) is 11.6 Å². The predicted octanol–water partition coefficient (Wildman–Crippen LogP) is 0.816. The average Bonchev–Trinajstić information content (AvgIpc) is 2.85. The molecule has 0 aliphatic carbocycles. The maximum atomic E-state index is 8.72. The first-order valence-electron chi connectivity index (χ1n) is 4.87. The van der Waals surface area contributed by atoms with E-state index >= 15 is 0 Å². The van der Waals surface area contributed by atoms with Crippen LogP contribution >= 0.6 is 0 Å². The number of H-pyrrole nitrogens is 1. The van der Waals surface area contributed by atoms with Crippen LogP contribution in [0.4, 0.5) is 5.69 Å². The molecule has 0 aliphatic rings.